The van der Waals surface area contributed by atoms with E-state index in [0.717, 1.165) is 4.90 Å². The molecule has 1 amide bonds. The number of nitrogens with two attached hydrogens (primary N) is 1. The molecule has 0 saturated heterocycles. The van der Waals surface area contributed by atoms with E-state index in [-0.39, 0.29) is 17.4 Å². The van der Waals surface area contributed by atoms with Crippen LogP contribution < -0.4 is 5.73 Å². The van der Waals surface area contributed by atoms with Crippen LogP contribution in [0.4, 0.5) is 0 Å². The second kappa shape index (κ2) is 6.07. The lowest BCUT2D eigenvalue weighted by atomic mass is 10.2. The van der Waals surface area contributed by atoms with Gasteiger partial charge in [0.05, 0.1) is 5.56 Å². The van der Waals surface area contributed by atoms with Gasteiger partial charge in [-0.15, -0.1) is 11.8 Å². The Morgan fingerprint density at radius 1 is 1.53 bits per heavy atom. The highest BCUT2D eigenvalue weighted by Gasteiger charge is 2.12. The van der Waals surface area contributed by atoms with Crippen LogP contribution in [0.1, 0.15) is 17.3 Å². The maximum atomic E-state index is 10.9. The number of amides is 1. The number of hydrogen-bond acceptors (Lipinski definition) is 3. The fraction of sp³-hybridized carbons (Fsp3) is 0.273. The molecule has 0 bridgehead atoms. The van der Waals surface area contributed by atoms with E-state index in [1.165, 1.54) is 11.8 Å². The summed E-state index contributed by atoms with van der Waals surface area (Å²) in [5.41, 5.74) is 5.36. The first-order valence-corrected chi connectivity index (χ1v) is 6.64. The van der Waals surface area contributed by atoms with Crippen molar-refractivity contribution in [3.63, 3.8) is 0 Å². The van der Waals surface area contributed by atoms with E-state index in [9.17, 15) is 9.59 Å². The van der Waals surface area contributed by atoms with Crippen LogP contribution in [0.15, 0.2) is 27.6 Å². The van der Waals surface area contributed by atoms with E-state index in [1.54, 1.807) is 25.1 Å². The van der Waals surface area contributed by atoms with Crippen LogP contribution in [0.2, 0.25) is 0 Å². The molecule has 0 aliphatic heterocycles. The first-order valence-electron chi connectivity index (χ1n) is 4.86. The second-order valence-electron chi connectivity index (χ2n) is 3.56. The Hall–Kier alpha value is -1.01. The highest BCUT2D eigenvalue weighted by molar-refractivity contribution is 9.10. The van der Waals surface area contributed by atoms with Gasteiger partial charge in [-0.3, -0.25) is 4.79 Å². The van der Waals surface area contributed by atoms with Gasteiger partial charge < -0.3 is 10.8 Å². The Kier molecular flexibility index (Phi) is 5.02. The van der Waals surface area contributed by atoms with Crippen molar-refractivity contribution in [2.24, 2.45) is 11.7 Å². The Bertz CT molecular complexity index is 450. The van der Waals surface area contributed by atoms with Gasteiger partial charge in [-0.05, 0) is 34.1 Å². The number of rotatable bonds is 5. The van der Waals surface area contributed by atoms with Crippen molar-refractivity contribution in [2.75, 3.05) is 5.75 Å². The fourth-order valence-corrected chi connectivity index (χ4v) is 2.45. The number of carboxylic acid groups (broad SMARTS) is 1. The van der Waals surface area contributed by atoms with Crippen molar-refractivity contribution < 1.29 is 14.7 Å². The molecule has 1 unspecified atom stereocenters. The van der Waals surface area contributed by atoms with Crippen molar-refractivity contribution >= 4 is 39.6 Å². The molecule has 4 nitrogen and oxygen atoms in total. The Morgan fingerprint density at radius 2 is 2.18 bits per heavy atom. The number of primary amides is 1. The summed E-state index contributed by atoms with van der Waals surface area (Å²) >= 11 is 4.58. The lowest BCUT2D eigenvalue weighted by Gasteiger charge is -2.07. The first-order chi connectivity index (χ1) is 7.91. The molecule has 1 rings (SSSR count). The molecule has 0 fully saturated rings. The van der Waals surface area contributed by atoms with E-state index in [0.29, 0.717) is 10.2 Å². The van der Waals surface area contributed by atoms with Gasteiger partial charge in [-0.2, -0.15) is 0 Å². The normalized spacial score (nSPS) is 12.1. The summed E-state index contributed by atoms with van der Waals surface area (Å²) in [4.78, 5) is 22.6. The number of halogens is 1. The van der Waals surface area contributed by atoms with E-state index in [4.69, 9.17) is 10.8 Å². The van der Waals surface area contributed by atoms with Crippen LogP contribution in [0, 0.1) is 5.92 Å². The fourth-order valence-electron chi connectivity index (χ4n) is 1.06. The molecule has 6 heteroatoms. The van der Waals surface area contributed by atoms with E-state index >= 15 is 0 Å². The molecule has 0 aromatic heterocycles. The third-order valence-corrected chi connectivity index (χ3v) is 4.10. The molecule has 0 saturated carbocycles. The third-order valence-electron chi connectivity index (χ3n) is 2.15. The van der Waals surface area contributed by atoms with Crippen molar-refractivity contribution in [2.45, 2.75) is 11.8 Å². The SMILES string of the molecule is CC(CSc1ccc(Br)c(C(=O)O)c1)C(N)=O. The van der Waals surface area contributed by atoms with Crippen molar-refractivity contribution in [3.05, 3.63) is 28.2 Å². The zero-order chi connectivity index (χ0) is 13.0. The molecule has 0 radical (unpaired) electrons. The monoisotopic (exact) mass is 317 g/mol. The van der Waals surface area contributed by atoms with Crippen LogP contribution >= 0.6 is 27.7 Å². The van der Waals surface area contributed by atoms with Crippen LogP contribution in [0.25, 0.3) is 0 Å². The van der Waals surface area contributed by atoms with Gasteiger partial charge in [0.25, 0.3) is 0 Å². The quantitative estimate of drug-likeness (QED) is 0.817. The smallest absolute Gasteiger partial charge is 0.336 e. The lowest BCUT2D eigenvalue weighted by molar-refractivity contribution is -0.120. The summed E-state index contributed by atoms with van der Waals surface area (Å²) < 4.78 is 0.539. The Morgan fingerprint density at radius 3 is 2.71 bits per heavy atom. The van der Waals surface area contributed by atoms with Crippen molar-refractivity contribution in [1.29, 1.82) is 0 Å². The molecule has 3 N–H and O–H groups in total. The maximum Gasteiger partial charge on any atom is 0.336 e. The molecule has 0 aliphatic carbocycles. The molecular formula is C11H12BrNO3S. The van der Waals surface area contributed by atoms with Crippen LogP contribution in [-0.4, -0.2) is 22.7 Å². The molecule has 1 aromatic rings. The highest BCUT2D eigenvalue weighted by Crippen LogP contribution is 2.26. The van der Waals surface area contributed by atoms with E-state index in [2.05, 4.69) is 15.9 Å². The number of carbonyl (C=O) groups excluding carboxylic acids is 1. The largest absolute Gasteiger partial charge is 0.478 e. The van der Waals surface area contributed by atoms with Gasteiger partial charge >= 0.3 is 5.97 Å². The molecule has 92 valence electrons. The van der Waals surface area contributed by atoms with Crippen molar-refractivity contribution in [3.8, 4) is 0 Å². The highest BCUT2D eigenvalue weighted by atomic mass is 79.9. The summed E-state index contributed by atoms with van der Waals surface area (Å²) in [6.07, 6.45) is 0. The van der Waals surface area contributed by atoms with E-state index in [1.807, 2.05) is 0 Å². The van der Waals surface area contributed by atoms with Gasteiger partial charge in [-0.25, -0.2) is 4.79 Å². The average Bonchev–Trinajstić information content (AvgIpc) is 2.26. The number of hydrogen-bond donors (Lipinski definition) is 2. The van der Waals surface area contributed by atoms with Gasteiger partial charge in [0.15, 0.2) is 0 Å². The minimum atomic E-state index is -0.984. The first kappa shape index (κ1) is 14.1. The molecule has 1 aromatic carbocycles. The second-order valence-corrected chi connectivity index (χ2v) is 5.51. The molecule has 1 atom stereocenters. The summed E-state index contributed by atoms with van der Waals surface area (Å²) in [6, 6.07) is 5.06. The summed E-state index contributed by atoms with van der Waals surface area (Å²) in [6.45, 7) is 1.74. The van der Waals surface area contributed by atoms with Gasteiger partial charge in [0, 0.05) is 21.0 Å². The molecule has 0 aliphatic rings. The van der Waals surface area contributed by atoms with Crippen LogP contribution in [0.3, 0.4) is 0 Å². The summed E-state index contributed by atoms with van der Waals surface area (Å²) in [7, 11) is 0. The molecule has 0 heterocycles. The zero-order valence-corrected chi connectivity index (χ0v) is 11.5. The molecular weight excluding hydrogens is 306 g/mol. The third kappa shape index (κ3) is 4.05. The number of benzene rings is 1. The van der Waals surface area contributed by atoms with Gasteiger partial charge in [0.1, 0.15) is 0 Å². The summed E-state index contributed by atoms with van der Waals surface area (Å²) in [5, 5.41) is 8.94. The number of carbonyl (C=O) groups is 2. The number of thioether (sulfide) groups is 1. The molecule has 17 heavy (non-hydrogen) atoms. The van der Waals surface area contributed by atoms with Crippen molar-refractivity contribution in [1.82, 2.24) is 0 Å². The number of aromatic carboxylic acids is 1. The van der Waals surface area contributed by atoms with Gasteiger partial charge in [0.2, 0.25) is 5.91 Å². The van der Waals surface area contributed by atoms with Crippen LogP contribution in [0.5, 0.6) is 0 Å². The van der Waals surface area contributed by atoms with Crippen LogP contribution in [-0.2, 0) is 4.79 Å². The lowest BCUT2D eigenvalue weighted by Crippen LogP contribution is -2.22. The maximum absolute atomic E-state index is 10.9. The predicted molar refractivity (Wildman–Crippen MR) is 70.2 cm³/mol. The standard InChI is InChI=1S/C11H12BrNO3S/c1-6(10(13)14)5-17-7-2-3-9(12)8(4-7)11(15)16/h2-4,6H,5H2,1H3,(H2,13,14)(H,15,16). The Labute approximate surface area is 112 Å². The zero-order valence-electron chi connectivity index (χ0n) is 9.14. The Balaban J connectivity index is 2.76. The number of carboxylic acids is 1. The topological polar surface area (TPSA) is 80.4 Å². The average molecular weight is 318 g/mol. The minimum Gasteiger partial charge on any atom is -0.478 e. The summed E-state index contributed by atoms with van der Waals surface area (Å²) in [5.74, 6) is -1.04. The molecule has 0 spiro atoms. The van der Waals surface area contributed by atoms with Gasteiger partial charge in [-0.1, -0.05) is 6.92 Å². The van der Waals surface area contributed by atoms with E-state index < -0.39 is 5.97 Å². The minimum absolute atomic E-state index is 0.210. The predicted octanol–water partition coefficient (Wildman–Crippen LogP) is 2.36.